The summed E-state index contributed by atoms with van der Waals surface area (Å²) in [6.07, 6.45) is -0.291. The highest BCUT2D eigenvalue weighted by atomic mass is 19.4. The van der Waals surface area contributed by atoms with Crippen molar-refractivity contribution < 1.29 is 18.0 Å². The maximum absolute atomic E-state index is 13.5. The van der Waals surface area contributed by atoms with Crippen LogP contribution in [0.4, 0.5) is 30.6 Å². The summed E-state index contributed by atoms with van der Waals surface area (Å²) in [6.45, 7) is 0.297. The summed E-state index contributed by atoms with van der Waals surface area (Å²) >= 11 is 0. The van der Waals surface area contributed by atoms with Gasteiger partial charge >= 0.3 is 6.18 Å². The standard InChI is InChI=1S/C17H15F3N6O/c18-17(19,20)13-10-21-16(24-12-8-22-23-9-12)25-15(13)26-14(6-7-27-26)11-4-2-1-3-5-11/h1-5,8-10,14H,6-7H2,(H,22,23)(H,21,24,25)/t14-/m0/s1. The summed E-state index contributed by atoms with van der Waals surface area (Å²) in [5.74, 6) is -0.309. The van der Waals surface area contributed by atoms with Crippen molar-refractivity contribution in [3.8, 4) is 0 Å². The number of hydrogen-bond acceptors (Lipinski definition) is 6. The number of halogens is 3. The fraction of sp³-hybridized carbons (Fsp3) is 0.235. The van der Waals surface area contributed by atoms with Gasteiger partial charge in [-0.1, -0.05) is 30.3 Å². The molecule has 3 heterocycles. The number of anilines is 3. The topological polar surface area (TPSA) is 79.0 Å². The Morgan fingerprint density at radius 2 is 2.00 bits per heavy atom. The number of nitrogens with one attached hydrogen (secondary N) is 2. The average molecular weight is 376 g/mol. The fourth-order valence-corrected chi connectivity index (χ4v) is 2.91. The summed E-state index contributed by atoms with van der Waals surface area (Å²) in [4.78, 5) is 13.4. The van der Waals surface area contributed by atoms with Crippen molar-refractivity contribution in [1.29, 1.82) is 0 Å². The minimum Gasteiger partial charge on any atom is -0.321 e. The van der Waals surface area contributed by atoms with Gasteiger partial charge in [0.15, 0.2) is 5.82 Å². The lowest BCUT2D eigenvalue weighted by atomic mass is 10.0. The van der Waals surface area contributed by atoms with Gasteiger partial charge in [-0.25, -0.2) is 10.0 Å². The summed E-state index contributed by atoms with van der Waals surface area (Å²) in [5.41, 5.74) is 0.428. The van der Waals surface area contributed by atoms with E-state index in [-0.39, 0.29) is 17.8 Å². The van der Waals surface area contributed by atoms with Crippen LogP contribution < -0.4 is 10.4 Å². The second-order valence-electron chi connectivity index (χ2n) is 5.91. The summed E-state index contributed by atoms with van der Waals surface area (Å²) in [5, 5.41) is 10.4. The highest BCUT2D eigenvalue weighted by molar-refractivity contribution is 5.56. The van der Waals surface area contributed by atoms with E-state index in [1.54, 1.807) is 6.20 Å². The van der Waals surface area contributed by atoms with Crippen LogP contribution in [0, 0.1) is 0 Å². The van der Waals surface area contributed by atoms with Gasteiger partial charge in [-0.3, -0.25) is 9.94 Å². The molecule has 0 radical (unpaired) electrons. The number of rotatable bonds is 4. The van der Waals surface area contributed by atoms with Crippen LogP contribution in [0.2, 0.25) is 0 Å². The molecule has 27 heavy (non-hydrogen) atoms. The van der Waals surface area contributed by atoms with E-state index in [1.807, 2.05) is 30.3 Å². The van der Waals surface area contributed by atoms with Crippen LogP contribution in [-0.4, -0.2) is 26.8 Å². The lowest BCUT2D eigenvalue weighted by molar-refractivity contribution is -0.138. The van der Waals surface area contributed by atoms with Crippen molar-refractivity contribution >= 4 is 17.5 Å². The molecule has 0 bridgehead atoms. The SMILES string of the molecule is FC(F)(F)c1cnc(Nc2cn[nH]c2)nc1N1OCC[C@H]1c1ccccc1. The number of benzene rings is 1. The molecule has 1 fully saturated rings. The van der Waals surface area contributed by atoms with Crippen molar-refractivity contribution in [2.45, 2.75) is 18.6 Å². The lowest BCUT2D eigenvalue weighted by Gasteiger charge is -2.26. The number of H-pyrrole nitrogens is 1. The molecule has 2 N–H and O–H groups in total. The van der Waals surface area contributed by atoms with E-state index < -0.39 is 11.7 Å². The van der Waals surface area contributed by atoms with E-state index in [1.165, 1.54) is 11.3 Å². The Balaban J connectivity index is 1.74. The van der Waals surface area contributed by atoms with Crippen LogP contribution in [0.5, 0.6) is 0 Å². The van der Waals surface area contributed by atoms with Gasteiger partial charge in [-0.15, -0.1) is 0 Å². The minimum atomic E-state index is -4.61. The van der Waals surface area contributed by atoms with Gasteiger partial charge in [0.05, 0.1) is 24.5 Å². The molecule has 1 aliphatic heterocycles. The van der Waals surface area contributed by atoms with Crippen LogP contribution in [0.3, 0.4) is 0 Å². The van der Waals surface area contributed by atoms with E-state index in [2.05, 4.69) is 25.5 Å². The normalized spacial score (nSPS) is 17.3. The van der Waals surface area contributed by atoms with Gasteiger partial charge in [0, 0.05) is 18.8 Å². The monoisotopic (exact) mass is 376 g/mol. The first-order valence-electron chi connectivity index (χ1n) is 8.19. The van der Waals surface area contributed by atoms with Crippen LogP contribution in [0.25, 0.3) is 0 Å². The van der Waals surface area contributed by atoms with Crippen molar-refractivity contribution in [1.82, 2.24) is 20.2 Å². The van der Waals surface area contributed by atoms with E-state index in [4.69, 9.17) is 4.84 Å². The maximum Gasteiger partial charge on any atom is 0.421 e. The quantitative estimate of drug-likeness (QED) is 0.720. The molecule has 0 unspecified atom stereocenters. The number of hydroxylamine groups is 1. The Hall–Kier alpha value is -3.14. The maximum atomic E-state index is 13.5. The smallest absolute Gasteiger partial charge is 0.321 e. The average Bonchev–Trinajstić information content (AvgIpc) is 3.33. The predicted molar refractivity (Wildman–Crippen MR) is 91.1 cm³/mol. The van der Waals surface area contributed by atoms with Gasteiger partial charge in [-0.05, 0) is 5.56 Å². The van der Waals surface area contributed by atoms with Crippen LogP contribution in [0.15, 0.2) is 48.9 Å². The van der Waals surface area contributed by atoms with E-state index in [0.717, 1.165) is 11.8 Å². The molecule has 1 saturated heterocycles. The Bertz CT molecular complexity index is 901. The molecule has 0 saturated carbocycles. The molecule has 0 spiro atoms. The predicted octanol–water partition coefficient (Wildman–Crippen LogP) is 3.85. The molecule has 1 aliphatic rings. The van der Waals surface area contributed by atoms with Crippen LogP contribution >= 0.6 is 0 Å². The number of alkyl halides is 3. The Morgan fingerprint density at radius 3 is 2.70 bits per heavy atom. The van der Waals surface area contributed by atoms with Crippen molar-refractivity contribution in [2.75, 3.05) is 17.0 Å². The largest absolute Gasteiger partial charge is 0.421 e. The van der Waals surface area contributed by atoms with Gasteiger partial charge < -0.3 is 5.32 Å². The molecule has 0 aliphatic carbocycles. The van der Waals surface area contributed by atoms with E-state index in [0.29, 0.717) is 18.7 Å². The molecule has 10 heteroatoms. The number of hydrogen-bond donors (Lipinski definition) is 2. The zero-order valence-corrected chi connectivity index (χ0v) is 13.9. The molecule has 7 nitrogen and oxygen atoms in total. The third-order valence-corrected chi connectivity index (χ3v) is 4.13. The summed E-state index contributed by atoms with van der Waals surface area (Å²) in [6, 6.07) is 8.85. The van der Waals surface area contributed by atoms with Gasteiger partial charge in [0.1, 0.15) is 5.56 Å². The van der Waals surface area contributed by atoms with Gasteiger partial charge in [0.2, 0.25) is 5.95 Å². The van der Waals surface area contributed by atoms with E-state index in [9.17, 15) is 13.2 Å². The zero-order chi connectivity index (χ0) is 18.9. The second-order valence-corrected chi connectivity index (χ2v) is 5.91. The summed E-state index contributed by atoms with van der Waals surface area (Å²) < 4.78 is 40.6. The molecule has 1 aromatic carbocycles. The third-order valence-electron chi connectivity index (χ3n) is 4.13. The molecule has 140 valence electrons. The van der Waals surface area contributed by atoms with Gasteiger partial charge in [0.25, 0.3) is 0 Å². The highest BCUT2D eigenvalue weighted by Crippen LogP contribution is 2.41. The summed E-state index contributed by atoms with van der Waals surface area (Å²) in [7, 11) is 0. The third kappa shape index (κ3) is 3.56. The Labute approximate surface area is 152 Å². The number of aromatic amines is 1. The van der Waals surface area contributed by atoms with Crippen LogP contribution in [0.1, 0.15) is 23.6 Å². The van der Waals surface area contributed by atoms with Crippen molar-refractivity contribution in [3.05, 3.63) is 60.0 Å². The number of nitrogens with zero attached hydrogens (tertiary/aromatic N) is 4. The van der Waals surface area contributed by atoms with Crippen molar-refractivity contribution in [2.24, 2.45) is 0 Å². The van der Waals surface area contributed by atoms with Crippen LogP contribution in [-0.2, 0) is 11.0 Å². The minimum absolute atomic E-state index is 0.0155. The molecule has 3 aromatic rings. The number of aromatic nitrogens is 4. The lowest BCUT2D eigenvalue weighted by Crippen LogP contribution is -2.26. The Morgan fingerprint density at radius 1 is 1.19 bits per heavy atom. The molecule has 1 atom stereocenters. The zero-order valence-electron chi connectivity index (χ0n) is 13.9. The molecular weight excluding hydrogens is 361 g/mol. The first-order chi connectivity index (χ1) is 13.0. The van der Waals surface area contributed by atoms with Gasteiger partial charge in [-0.2, -0.15) is 23.3 Å². The first kappa shape index (κ1) is 17.3. The second kappa shape index (κ2) is 6.88. The fourth-order valence-electron chi connectivity index (χ4n) is 2.91. The van der Waals surface area contributed by atoms with Crippen molar-refractivity contribution in [3.63, 3.8) is 0 Å². The first-order valence-corrected chi connectivity index (χ1v) is 8.19. The molecule has 0 amide bonds. The molecular formula is C17H15F3N6O. The van der Waals surface area contributed by atoms with E-state index >= 15 is 0 Å². The molecule has 2 aromatic heterocycles. The Kier molecular flexibility index (Phi) is 4.40. The molecule has 4 rings (SSSR count). The highest BCUT2D eigenvalue weighted by Gasteiger charge is 2.40.